The molecule has 1 amide bonds. The third kappa shape index (κ3) is 2.08. The van der Waals surface area contributed by atoms with Crippen molar-refractivity contribution in [3.05, 3.63) is 0 Å². The van der Waals surface area contributed by atoms with Crippen LogP contribution in [0.1, 0.15) is 46.5 Å². The van der Waals surface area contributed by atoms with Gasteiger partial charge in [0.1, 0.15) is 0 Å². The first-order chi connectivity index (χ1) is 6.50. The smallest absolute Gasteiger partial charge is 0.227 e. The van der Waals surface area contributed by atoms with Gasteiger partial charge in [0.15, 0.2) is 0 Å². The van der Waals surface area contributed by atoms with Gasteiger partial charge in [0, 0.05) is 12.1 Å². The summed E-state index contributed by atoms with van der Waals surface area (Å²) in [5.41, 5.74) is 5.64. The Balaban J connectivity index is 2.59. The maximum absolute atomic E-state index is 12.0. The molecule has 0 saturated heterocycles. The fourth-order valence-corrected chi connectivity index (χ4v) is 1.97. The lowest BCUT2D eigenvalue weighted by Gasteiger charge is -2.29. The van der Waals surface area contributed by atoms with Crippen LogP contribution in [0.25, 0.3) is 0 Å². The molecule has 0 heterocycles. The van der Waals surface area contributed by atoms with Crippen LogP contribution >= 0.6 is 0 Å². The minimum atomic E-state index is -0.330. The topological polar surface area (TPSA) is 55.1 Å². The first-order valence-corrected chi connectivity index (χ1v) is 5.57. The summed E-state index contributed by atoms with van der Waals surface area (Å²) in [7, 11) is 0. The largest absolute Gasteiger partial charge is 0.353 e. The molecule has 0 radical (unpaired) electrons. The molecular weight excluding hydrogens is 176 g/mol. The van der Waals surface area contributed by atoms with Crippen molar-refractivity contribution >= 4 is 5.91 Å². The van der Waals surface area contributed by atoms with Crippen LogP contribution in [0.2, 0.25) is 0 Å². The normalized spacial score (nSPS) is 34.1. The Bertz CT molecular complexity index is 217. The second kappa shape index (κ2) is 4.30. The van der Waals surface area contributed by atoms with Gasteiger partial charge in [-0.15, -0.1) is 0 Å². The van der Waals surface area contributed by atoms with E-state index in [0.717, 1.165) is 25.7 Å². The third-order valence-corrected chi connectivity index (χ3v) is 3.54. The van der Waals surface area contributed by atoms with Crippen molar-refractivity contribution in [2.45, 2.75) is 58.5 Å². The molecule has 3 atom stereocenters. The zero-order valence-electron chi connectivity index (χ0n) is 9.47. The fraction of sp³-hybridized carbons (Fsp3) is 0.909. The van der Waals surface area contributed by atoms with Crippen molar-refractivity contribution in [3.63, 3.8) is 0 Å². The van der Waals surface area contributed by atoms with Crippen molar-refractivity contribution in [2.75, 3.05) is 0 Å². The van der Waals surface area contributed by atoms with Crippen LogP contribution in [0.5, 0.6) is 0 Å². The van der Waals surface area contributed by atoms with E-state index in [1.807, 2.05) is 13.8 Å². The predicted molar refractivity (Wildman–Crippen MR) is 57.8 cm³/mol. The Kier molecular flexibility index (Phi) is 3.53. The van der Waals surface area contributed by atoms with Crippen LogP contribution < -0.4 is 11.1 Å². The van der Waals surface area contributed by atoms with Crippen LogP contribution in [-0.2, 0) is 4.79 Å². The van der Waals surface area contributed by atoms with Gasteiger partial charge in [-0.2, -0.15) is 0 Å². The Hall–Kier alpha value is -0.570. The van der Waals surface area contributed by atoms with Crippen LogP contribution in [0, 0.1) is 5.41 Å². The molecule has 3 heteroatoms. The molecule has 1 aliphatic rings. The number of amides is 1. The fourth-order valence-electron chi connectivity index (χ4n) is 1.97. The Morgan fingerprint density at radius 2 is 2.36 bits per heavy atom. The minimum Gasteiger partial charge on any atom is -0.353 e. The lowest BCUT2D eigenvalue weighted by atomic mass is 9.84. The number of carbonyl (C=O) groups excluding carboxylic acids is 1. The van der Waals surface area contributed by atoms with Crippen LogP contribution in [0.15, 0.2) is 0 Å². The summed E-state index contributed by atoms with van der Waals surface area (Å²) in [4.78, 5) is 12.0. The number of carbonyl (C=O) groups is 1. The molecule has 3 unspecified atom stereocenters. The summed E-state index contributed by atoms with van der Waals surface area (Å²) in [6.07, 6.45) is 3.95. The molecule has 3 nitrogen and oxygen atoms in total. The van der Waals surface area contributed by atoms with Gasteiger partial charge in [0.2, 0.25) is 5.91 Å². The predicted octanol–water partition coefficient (Wildman–Crippen LogP) is 1.42. The number of hydrogen-bond donors (Lipinski definition) is 2. The second-order valence-electron chi connectivity index (χ2n) is 4.70. The van der Waals surface area contributed by atoms with E-state index in [9.17, 15) is 4.79 Å². The van der Waals surface area contributed by atoms with E-state index in [2.05, 4.69) is 12.2 Å². The van der Waals surface area contributed by atoms with Gasteiger partial charge < -0.3 is 11.1 Å². The molecule has 14 heavy (non-hydrogen) atoms. The molecule has 0 spiro atoms. The van der Waals surface area contributed by atoms with E-state index < -0.39 is 0 Å². The van der Waals surface area contributed by atoms with Crippen molar-refractivity contribution in [1.29, 1.82) is 0 Å². The first kappa shape index (κ1) is 11.5. The molecule has 0 aliphatic heterocycles. The molecule has 1 rings (SSSR count). The van der Waals surface area contributed by atoms with Crippen LogP contribution in [0.4, 0.5) is 0 Å². The second-order valence-corrected chi connectivity index (χ2v) is 4.70. The van der Waals surface area contributed by atoms with Gasteiger partial charge in [-0.25, -0.2) is 0 Å². The molecule has 82 valence electrons. The van der Waals surface area contributed by atoms with Crippen LogP contribution in [0.3, 0.4) is 0 Å². The first-order valence-electron chi connectivity index (χ1n) is 5.57. The lowest BCUT2D eigenvalue weighted by Crippen LogP contribution is -2.49. The Morgan fingerprint density at radius 3 is 2.79 bits per heavy atom. The monoisotopic (exact) mass is 198 g/mol. The van der Waals surface area contributed by atoms with Gasteiger partial charge >= 0.3 is 0 Å². The average Bonchev–Trinajstić information content (AvgIpc) is 2.48. The van der Waals surface area contributed by atoms with E-state index >= 15 is 0 Å². The molecule has 1 fully saturated rings. The zero-order chi connectivity index (χ0) is 10.8. The van der Waals surface area contributed by atoms with E-state index in [-0.39, 0.29) is 23.4 Å². The van der Waals surface area contributed by atoms with E-state index in [4.69, 9.17) is 5.73 Å². The summed E-state index contributed by atoms with van der Waals surface area (Å²) in [5.74, 6) is 0.136. The van der Waals surface area contributed by atoms with Gasteiger partial charge in [-0.3, -0.25) is 4.79 Å². The average molecular weight is 198 g/mol. The number of hydrogen-bond acceptors (Lipinski definition) is 2. The maximum Gasteiger partial charge on any atom is 0.227 e. The molecule has 1 saturated carbocycles. The quantitative estimate of drug-likeness (QED) is 0.720. The van der Waals surface area contributed by atoms with Gasteiger partial charge in [-0.1, -0.05) is 13.3 Å². The summed E-state index contributed by atoms with van der Waals surface area (Å²) >= 11 is 0. The molecule has 0 aromatic heterocycles. The van der Waals surface area contributed by atoms with Gasteiger partial charge in [-0.05, 0) is 33.1 Å². The highest BCUT2D eigenvalue weighted by Gasteiger charge is 2.42. The van der Waals surface area contributed by atoms with Gasteiger partial charge in [0.25, 0.3) is 0 Å². The Morgan fingerprint density at radius 1 is 1.71 bits per heavy atom. The van der Waals surface area contributed by atoms with E-state index in [1.165, 1.54) is 0 Å². The van der Waals surface area contributed by atoms with Crippen molar-refractivity contribution in [2.24, 2.45) is 11.1 Å². The van der Waals surface area contributed by atoms with E-state index in [0.29, 0.717) is 0 Å². The summed E-state index contributed by atoms with van der Waals surface area (Å²) in [5, 5.41) is 3.02. The maximum atomic E-state index is 12.0. The minimum absolute atomic E-state index is 0.0338. The number of nitrogens with one attached hydrogen (secondary N) is 1. The highest BCUT2D eigenvalue weighted by atomic mass is 16.2. The summed E-state index contributed by atoms with van der Waals surface area (Å²) in [6.45, 7) is 6.09. The standard InChI is InChI=1S/C11H22N2O/c1-4-8(2)13-10(14)11(3)7-5-6-9(11)12/h8-9H,4-7,12H2,1-3H3,(H,13,14). The lowest BCUT2D eigenvalue weighted by molar-refractivity contribution is -0.131. The van der Waals surface area contributed by atoms with Crippen molar-refractivity contribution in [1.82, 2.24) is 5.32 Å². The van der Waals surface area contributed by atoms with Crippen molar-refractivity contribution < 1.29 is 4.79 Å². The highest BCUT2D eigenvalue weighted by Crippen LogP contribution is 2.36. The third-order valence-electron chi connectivity index (χ3n) is 3.54. The SMILES string of the molecule is CCC(C)NC(=O)C1(C)CCCC1N. The molecule has 3 N–H and O–H groups in total. The molecular formula is C11H22N2O. The molecule has 0 bridgehead atoms. The molecule has 0 aromatic rings. The zero-order valence-corrected chi connectivity index (χ0v) is 9.47. The molecule has 1 aliphatic carbocycles. The number of nitrogens with two attached hydrogens (primary N) is 1. The van der Waals surface area contributed by atoms with Crippen LogP contribution in [-0.4, -0.2) is 18.0 Å². The summed E-state index contributed by atoms with van der Waals surface area (Å²) in [6, 6.07) is 0.290. The molecule has 0 aromatic carbocycles. The summed E-state index contributed by atoms with van der Waals surface area (Å²) < 4.78 is 0. The van der Waals surface area contributed by atoms with E-state index in [1.54, 1.807) is 0 Å². The number of rotatable bonds is 3. The Labute approximate surface area is 86.4 Å². The van der Waals surface area contributed by atoms with Gasteiger partial charge in [0.05, 0.1) is 5.41 Å². The van der Waals surface area contributed by atoms with Crippen molar-refractivity contribution in [3.8, 4) is 0 Å². The highest BCUT2D eigenvalue weighted by molar-refractivity contribution is 5.83.